The van der Waals surface area contributed by atoms with Gasteiger partial charge in [-0.2, -0.15) is 0 Å². The Kier molecular flexibility index (Phi) is 1.57. The van der Waals surface area contributed by atoms with Gasteiger partial charge >= 0.3 is 0 Å². The van der Waals surface area contributed by atoms with Gasteiger partial charge in [0.05, 0.1) is 14.8 Å². The van der Waals surface area contributed by atoms with Crippen LogP contribution in [0, 0.1) is 11.7 Å². The van der Waals surface area contributed by atoms with Crippen molar-refractivity contribution in [1.82, 2.24) is 5.32 Å². The van der Waals surface area contributed by atoms with Crippen LogP contribution in [0.1, 0.15) is 39.8 Å². The highest BCUT2D eigenvalue weighted by Crippen LogP contribution is 2.36. The molecule has 4 rings (SSSR count). The molecular weight excluding hydrogens is 309 g/mol. The number of rotatable bonds is 4. The molecular formula is C19H20FNO3. The van der Waals surface area contributed by atoms with Crippen LogP contribution in [-0.4, -0.2) is 26.3 Å². The van der Waals surface area contributed by atoms with Crippen LogP contribution in [0.15, 0.2) is 42.4 Å². The Balaban J connectivity index is 2.02. The summed E-state index contributed by atoms with van der Waals surface area (Å²) in [6, 6.07) is -2.83. The highest BCUT2D eigenvalue weighted by Gasteiger charge is 2.27. The molecule has 24 heavy (non-hydrogen) atoms. The maximum Gasteiger partial charge on any atom is 0.231 e. The van der Waals surface area contributed by atoms with Crippen LogP contribution in [-0.2, 0) is 0 Å². The van der Waals surface area contributed by atoms with Crippen molar-refractivity contribution in [3.63, 3.8) is 0 Å². The van der Waals surface area contributed by atoms with Crippen molar-refractivity contribution < 1.29 is 40.5 Å². The van der Waals surface area contributed by atoms with Crippen LogP contribution in [0.2, 0.25) is 0 Å². The lowest BCUT2D eigenvalue weighted by Gasteiger charge is -2.32. The third-order valence-corrected chi connectivity index (χ3v) is 3.02. The van der Waals surface area contributed by atoms with E-state index < -0.39 is 85.8 Å². The average Bonchev–Trinajstić information content (AvgIpc) is 3.11. The zero-order valence-corrected chi connectivity index (χ0v) is 11.8. The molecule has 2 aromatic carbocycles. The molecule has 1 unspecified atom stereocenters. The molecule has 2 aliphatic rings. The first-order chi connectivity index (χ1) is 17.9. The Morgan fingerprint density at radius 2 is 2.17 bits per heavy atom. The molecule has 2 atom stereocenters. The number of halogens is 1. The second kappa shape index (κ2) is 6.69. The summed E-state index contributed by atoms with van der Waals surface area (Å²) in [6.07, 6.45) is -3.91. The summed E-state index contributed by atoms with van der Waals surface area (Å²) >= 11 is 0. The molecule has 5 heteroatoms. The van der Waals surface area contributed by atoms with Gasteiger partial charge in [0.15, 0.2) is 11.5 Å². The fourth-order valence-corrected chi connectivity index (χ4v) is 1.94. The van der Waals surface area contributed by atoms with E-state index in [2.05, 4.69) is 0 Å². The van der Waals surface area contributed by atoms with E-state index in [1.165, 1.54) is 0 Å². The molecule has 2 aromatic rings. The molecule has 1 N–H and O–H groups in total. The van der Waals surface area contributed by atoms with Gasteiger partial charge in [0.1, 0.15) is 14.3 Å². The predicted molar refractivity (Wildman–Crippen MR) is 88.2 cm³/mol. The van der Waals surface area contributed by atoms with Crippen LogP contribution >= 0.6 is 0 Å². The molecule has 2 aliphatic heterocycles. The van der Waals surface area contributed by atoms with Crippen molar-refractivity contribution in [3.05, 3.63) is 53.7 Å². The lowest BCUT2D eigenvalue weighted by Crippen LogP contribution is -2.38. The van der Waals surface area contributed by atoms with Crippen molar-refractivity contribution in [2.45, 2.75) is 12.3 Å². The largest absolute Gasteiger partial charge is 0.493 e. The Morgan fingerprint density at radius 1 is 1.33 bits per heavy atom. The summed E-state index contributed by atoms with van der Waals surface area (Å²) in [5.74, 6) is -10.8. The maximum atomic E-state index is 14.4. The molecule has 2 heterocycles. The first-order valence-corrected chi connectivity index (χ1v) is 6.65. The molecule has 0 radical (unpaired) electrons. The Labute approximate surface area is 163 Å². The second-order valence-corrected chi connectivity index (χ2v) is 4.54. The molecule has 0 saturated carbocycles. The van der Waals surface area contributed by atoms with E-state index >= 15 is 0 Å². The summed E-state index contributed by atoms with van der Waals surface area (Å²) < 4.78 is 162. The van der Waals surface area contributed by atoms with E-state index in [0.29, 0.717) is 0 Å². The van der Waals surface area contributed by atoms with Crippen molar-refractivity contribution in [3.8, 4) is 17.2 Å². The minimum atomic E-state index is -4.02. The van der Waals surface area contributed by atoms with E-state index in [4.69, 9.17) is 36.1 Å². The van der Waals surface area contributed by atoms with E-state index in [1.54, 1.807) is 5.32 Å². The monoisotopic (exact) mass is 345 g/mol. The Bertz CT molecular complexity index is 1370. The van der Waals surface area contributed by atoms with Gasteiger partial charge < -0.3 is 19.5 Å². The van der Waals surface area contributed by atoms with Crippen molar-refractivity contribution >= 4 is 0 Å². The van der Waals surface area contributed by atoms with Gasteiger partial charge in [-0.05, 0) is 48.5 Å². The zero-order valence-electron chi connectivity index (χ0n) is 27.8. The van der Waals surface area contributed by atoms with E-state index in [9.17, 15) is 4.39 Å². The van der Waals surface area contributed by atoms with Gasteiger partial charge in [0, 0.05) is 29.4 Å². The fourth-order valence-electron chi connectivity index (χ4n) is 1.94. The topological polar surface area (TPSA) is 39.7 Å². The van der Waals surface area contributed by atoms with Gasteiger partial charge in [-0.25, -0.2) is 4.39 Å². The third-order valence-electron chi connectivity index (χ3n) is 3.02. The van der Waals surface area contributed by atoms with Crippen molar-refractivity contribution in [1.29, 1.82) is 0 Å². The first-order valence-electron chi connectivity index (χ1n) is 14.7. The molecule has 126 valence electrons. The van der Waals surface area contributed by atoms with Crippen LogP contribution in [0.4, 0.5) is 4.39 Å². The fraction of sp³-hybridized carbons (Fsp3) is 0.368. The number of ether oxygens (including phenoxy) is 3. The van der Waals surface area contributed by atoms with Crippen molar-refractivity contribution in [2.24, 2.45) is 5.89 Å². The second-order valence-electron chi connectivity index (χ2n) is 4.54. The molecule has 0 spiro atoms. The third kappa shape index (κ3) is 3.17. The summed E-state index contributed by atoms with van der Waals surface area (Å²) in [7, 11) is 0. The summed E-state index contributed by atoms with van der Waals surface area (Å²) in [5, 5.41) is 1.54. The van der Waals surface area contributed by atoms with Crippen LogP contribution in [0.3, 0.4) is 0 Å². The Hall–Kier alpha value is -2.27. The molecule has 0 aromatic heterocycles. The van der Waals surface area contributed by atoms with E-state index in [-0.39, 0.29) is 11.5 Å². The highest BCUT2D eigenvalue weighted by atomic mass is 19.1. The zero-order chi connectivity index (χ0) is 30.6. The lowest BCUT2D eigenvalue weighted by molar-refractivity contribution is 0.173. The van der Waals surface area contributed by atoms with Gasteiger partial charge in [-0.15, -0.1) is 0 Å². The van der Waals surface area contributed by atoms with Gasteiger partial charge in [0.25, 0.3) is 0 Å². The van der Waals surface area contributed by atoms with Crippen LogP contribution in [0.25, 0.3) is 0 Å². The number of hydrogen-bond acceptors (Lipinski definition) is 4. The number of hydrogen-bond donors (Lipinski definition) is 1. The minimum Gasteiger partial charge on any atom is -0.493 e. The van der Waals surface area contributed by atoms with Crippen molar-refractivity contribution in [2.75, 3.05) is 26.3 Å². The lowest BCUT2D eigenvalue weighted by atomic mass is 9.81. The minimum absolute atomic E-state index is 0.137. The predicted octanol–water partition coefficient (Wildman–Crippen LogP) is 3.33. The van der Waals surface area contributed by atoms with Crippen LogP contribution < -0.4 is 19.5 Å². The van der Waals surface area contributed by atoms with Gasteiger partial charge in [-0.3, -0.25) is 0 Å². The number of benzene rings is 2. The smallest absolute Gasteiger partial charge is 0.231 e. The number of fused-ring (bicyclic) bond motifs is 1. The highest BCUT2D eigenvalue weighted by molar-refractivity contribution is 5.46. The summed E-state index contributed by atoms with van der Waals surface area (Å²) in [5.41, 5.74) is -1.48. The molecule has 1 fully saturated rings. The normalized spacial score (nSPS) is 47.2. The standard InChI is InChI=1S/C19H20FNO3/c20-15-3-1-13(2-4-15)17-7-8-21-10-14(17)11-22-16-5-6-18-19(9-16)24-12-23-18/h1-6,9,14,17,21H,7-8,10-12H2/t14?,17-/m0/s1/i1D,2D,3D,4D,7D2,8D2,10D2,11D2,12D2,14D,17D. The molecule has 0 bridgehead atoms. The molecule has 0 amide bonds. The van der Waals surface area contributed by atoms with Crippen LogP contribution in [0.5, 0.6) is 17.2 Å². The molecule has 0 aliphatic carbocycles. The SMILES string of the molecule is [2H]c1c([2H])c([C@]2([2H])C([2H])([2H])C([2H])([2H])NC([2H])([2H])C2([2H])C([2H])([2H])Oc2ccc3c(c2)OC([2H])([2H])O3)c([2H])c([2H])c1F. The molecule has 1 saturated heterocycles. The molecule has 4 nitrogen and oxygen atoms in total. The van der Waals surface area contributed by atoms with E-state index in [0.717, 1.165) is 18.2 Å². The number of nitrogens with one attached hydrogen (secondary N) is 1. The summed E-state index contributed by atoms with van der Waals surface area (Å²) in [6.45, 7) is -13.8. The van der Waals surface area contributed by atoms with E-state index in [1.807, 2.05) is 0 Å². The summed E-state index contributed by atoms with van der Waals surface area (Å²) in [4.78, 5) is 0. The maximum absolute atomic E-state index is 14.4. The first kappa shape index (κ1) is 5.63. The average molecular weight is 345 g/mol. The number of piperidine rings is 1. The van der Waals surface area contributed by atoms with Gasteiger partial charge in [0.2, 0.25) is 6.75 Å². The quantitative estimate of drug-likeness (QED) is 0.923. The van der Waals surface area contributed by atoms with Gasteiger partial charge in [-0.1, -0.05) is 12.1 Å². The Morgan fingerprint density at radius 3 is 3.04 bits per heavy atom.